The fourth-order valence-electron chi connectivity index (χ4n) is 3.94. The molecule has 5 N–H and O–H groups in total. The van der Waals surface area contributed by atoms with Crippen LogP contribution in [0.1, 0.15) is 38.3 Å². The van der Waals surface area contributed by atoms with Crippen LogP contribution in [0.15, 0.2) is 81.5 Å². The van der Waals surface area contributed by atoms with Gasteiger partial charge >= 0.3 is 7.12 Å². The van der Waals surface area contributed by atoms with Gasteiger partial charge < -0.3 is 15.4 Å². The third-order valence-corrected chi connectivity index (χ3v) is 7.10. The lowest BCUT2D eigenvalue weighted by atomic mass is 9.81. The smallest absolute Gasteiger partial charge is 0.423 e. The van der Waals surface area contributed by atoms with Crippen molar-refractivity contribution in [3.8, 4) is 0 Å². The molecule has 1 heterocycles. The van der Waals surface area contributed by atoms with E-state index in [-0.39, 0.29) is 17.7 Å². The van der Waals surface area contributed by atoms with Gasteiger partial charge in [-0.15, -0.1) is 0 Å². The van der Waals surface area contributed by atoms with Gasteiger partial charge in [0.1, 0.15) is 17.7 Å². The number of hydrogen-bond acceptors (Lipinski definition) is 7. The number of nitrogens with zero attached hydrogens (tertiary/aromatic N) is 2. The van der Waals surface area contributed by atoms with E-state index in [0.29, 0.717) is 23.3 Å². The maximum Gasteiger partial charge on any atom is 0.488 e. The van der Waals surface area contributed by atoms with Gasteiger partial charge in [0, 0.05) is 32.5 Å². The maximum absolute atomic E-state index is 9.34. The lowest BCUT2D eigenvalue weighted by Gasteiger charge is -2.26. The Morgan fingerprint density at radius 2 is 1.74 bits per heavy atom. The van der Waals surface area contributed by atoms with Crippen LogP contribution in [0.4, 0.5) is 5.69 Å². The molecule has 1 atom stereocenters. The minimum atomic E-state index is -1.50. The van der Waals surface area contributed by atoms with E-state index in [4.69, 9.17) is 27.4 Å². The Kier molecular flexibility index (Phi) is 10.9. The van der Waals surface area contributed by atoms with Crippen molar-refractivity contribution in [1.29, 1.82) is 10.8 Å². The molecule has 1 aliphatic heterocycles. The molecule has 0 aromatic heterocycles. The third-order valence-electron chi connectivity index (χ3n) is 5.85. The number of halogens is 1. The van der Waals surface area contributed by atoms with Crippen LogP contribution in [0.2, 0.25) is 5.02 Å². The molecule has 0 radical (unpaired) electrons. The highest BCUT2D eigenvalue weighted by Crippen LogP contribution is 2.35. The first-order valence-corrected chi connectivity index (χ1v) is 13.6. The number of fused-ring (bicyclic) bond motifs is 1. The summed E-state index contributed by atoms with van der Waals surface area (Å²) < 4.78 is 0. The first-order valence-electron chi connectivity index (χ1n) is 12.4. The summed E-state index contributed by atoms with van der Waals surface area (Å²) in [4.78, 5) is 17.8. The molecule has 0 saturated heterocycles. The lowest BCUT2D eigenvalue weighted by molar-refractivity contribution is -0.109. The third kappa shape index (κ3) is 7.57. The van der Waals surface area contributed by atoms with Crippen molar-refractivity contribution in [2.75, 3.05) is 11.4 Å². The molecule has 0 fully saturated rings. The van der Waals surface area contributed by atoms with Crippen molar-refractivity contribution in [3.05, 3.63) is 82.9 Å². The predicted octanol–water partition coefficient (Wildman–Crippen LogP) is 4.33. The van der Waals surface area contributed by atoms with Crippen LogP contribution < -0.4 is 15.7 Å². The van der Waals surface area contributed by atoms with Crippen molar-refractivity contribution >= 4 is 65.4 Å². The first-order chi connectivity index (χ1) is 18.7. The van der Waals surface area contributed by atoms with Crippen molar-refractivity contribution in [3.63, 3.8) is 0 Å². The molecule has 0 bridgehead atoms. The van der Waals surface area contributed by atoms with E-state index in [9.17, 15) is 14.8 Å². The average molecular weight is 564 g/mol. The van der Waals surface area contributed by atoms with E-state index >= 15 is 0 Å². The number of rotatable bonds is 7. The zero-order valence-corrected chi connectivity index (χ0v) is 23.6. The molecular formula is C28H31BClN5O3S. The zero-order chi connectivity index (χ0) is 28.5. The van der Waals surface area contributed by atoms with Crippen LogP contribution in [-0.4, -0.2) is 53.5 Å². The van der Waals surface area contributed by atoms with Gasteiger partial charge in [0.2, 0.25) is 6.41 Å². The summed E-state index contributed by atoms with van der Waals surface area (Å²) in [6.45, 7) is 6.26. The van der Waals surface area contributed by atoms with Gasteiger partial charge in [-0.05, 0) is 68.2 Å². The highest BCUT2D eigenvalue weighted by molar-refractivity contribution is 7.99. The Bertz CT molecular complexity index is 1350. The zero-order valence-electron chi connectivity index (χ0n) is 22.0. The summed E-state index contributed by atoms with van der Waals surface area (Å²) in [6, 6.07) is 20.1. The molecule has 0 saturated carbocycles. The van der Waals surface area contributed by atoms with E-state index in [1.807, 2.05) is 68.4 Å². The second-order valence-corrected chi connectivity index (χ2v) is 10.2. The van der Waals surface area contributed by atoms with Gasteiger partial charge in [-0.25, -0.2) is 0 Å². The summed E-state index contributed by atoms with van der Waals surface area (Å²) in [6.07, 6.45) is 1.32. The average Bonchev–Trinajstić information content (AvgIpc) is 3.04. The summed E-state index contributed by atoms with van der Waals surface area (Å²) in [5, 5.41) is 38.9. The van der Waals surface area contributed by atoms with E-state index < -0.39 is 7.12 Å². The van der Waals surface area contributed by atoms with Gasteiger partial charge in [-0.3, -0.25) is 25.5 Å². The van der Waals surface area contributed by atoms with Gasteiger partial charge in [0.25, 0.3) is 0 Å². The molecule has 3 aromatic carbocycles. The van der Waals surface area contributed by atoms with Crippen molar-refractivity contribution in [1.82, 2.24) is 5.32 Å². The van der Waals surface area contributed by atoms with E-state index in [0.717, 1.165) is 38.9 Å². The largest absolute Gasteiger partial charge is 0.488 e. The topological polar surface area (TPSA) is 133 Å². The number of amides is 1. The number of carbonyl (C=O) groups excluding carboxylic acids is 1. The number of benzodiazepines with no additional fused rings is 1. The van der Waals surface area contributed by atoms with Crippen LogP contribution >= 0.6 is 23.4 Å². The summed E-state index contributed by atoms with van der Waals surface area (Å²) in [7, 11) is -1.50. The van der Waals surface area contributed by atoms with Gasteiger partial charge in [0.05, 0.1) is 11.4 Å². The summed E-state index contributed by atoms with van der Waals surface area (Å²) >= 11 is 7.67. The van der Waals surface area contributed by atoms with Crippen LogP contribution in [0, 0.1) is 10.8 Å². The standard InChI is InChI=1S/C25H24BClN4O2S.C3H7NO/c1-3-22-25(29)31(15(2)28)23-13-12-20(34-19-10-6-17(7-11-19)26(32)33)14-21(23)24(30-22)16-4-8-18(27)9-5-16;1-2-4-3-5/h4-14,22,28-29,32-33H,3H2,1-2H3;3H,2H2,1H3,(H,4,5)/t22-;/m0./s1. The molecule has 3 aromatic rings. The fraction of sp³-hybridized carbons (Fsp3) is 0.214. The molecule has 0 spiro atoms. The Balaban J connectivity index is 0.000000771. The van der Waals surface area contributed by atoms with Crippen molar-refractivity contribution in [2.24, 2.45) is 4.99 Å². The summed E-state index contributed by atoms with van der Waals surface area (Å²) in [5.74, 6) is 0.537. The maximum atomic E-state index is 9.34. The Labute approximate surface area is 238 Å². The molecule has 4 rings (SSSR count). The Morgan fingerprint density at radius 1 is 1.10 bits per heavy atom. The van der Waals surface area contributed by atoms with Crippen LogP contribution in [0.5, 0.6) is 0 Å². The molecule has 39 heavy (non-hydrogen) atoms. The lowest BCUT2D eigenvalue weighted by Crippen LogP contribution is -2.40. The molecule has 11 heteroatoms. The molecular weight excluding hydrogens is 533 g/mol. The number of amidine groups is 2. The number of aliphatic imine (C=N–C) groups is 1. The summed E-state index contributed by atoms with van der Waals surface area (Å²) in [5.41, 5.74) is 3.66. The van der Waals surface area contributed by atoms with Gasteiger partial charge in [0.15, 0.2) is 0 Å². The van der Waals surface area contributed by atoms with Crippen molar-refractivity contribution in [2.45, 2.75) is 43.0 Å². The number of carbonyl (C=O) groups is 1. The van der Waals surface area contributed by atoms with E-state index in [1.54, 1.807) is 24.0 Å². The van der Waals surface area contributed by atoms with Crippen molar-refractivity contribution < 1.29 is 14.8 Å². The second kappa shape index (κ2) is 14.1. The number of hydrogen-bond donors (Lipinski definition) is 5. The minimum absolute atomic E-state index is 0.260. The Morgan fingerprint density at radius 3 is 2.26 bits per heavy atom. The molecule has 8 nitrogen and oxygen atoms in total. The van der Waals surface area contributed by atoms with Gasteiger partial charge in [-0.2, -0.15) is 0 Å². The van der Waals surface area contributed by atoms with Crippen LogP contribution in [0.3, 0.4) is 0 Å². The number of nitrogens with one attached hydrogen (secondary N) is 3. The fourth-order valence-corrected chi connectivity index (χ4v) is 4.92. The quantitative estimate of drug-likeness (QED) is 0.126. The highest BCUT2D eigenvalue weighted by Gasteiger charge is 2.30. The Hall–Kier alpha value is -3.44. The molecule has 0 aliphatic carbocycles. The van der Waals surface area contributed by atoms with E-state index in [2.05, 4.69) is 5.32 Å². The van der Waals surface area contributed by atoms with Crippen LogP contribution in [0.25, 0.3) is 0 Å². The predicted molar refractivity (Wildman–Crippen MR) is 161 cm³/mol. The molecule has 0 unspecified atom stereocenters. The SMILES string of the molecule is CCNC=O.CC[C@@H]1N=C(c2ccc(Cl)cc2)c2cc(Sc3ccc(B(O)O)cc3)ccc2N(C(C)=N)C1=N. The first kappa shape index (κ1) is 30.1. The van der Waals surface area contributed by atoms with Gasteiger partial charge in [-0.1, -0.05) is 54.6 Å². The molecule has 1 aliphatic rings. The second-order valence-electron chi connectivity index (χ2n) is 8.61. The normalized spacial score (nSPS) is 14.3. The highest BCUT2D eigenvalue weighted by atomic mass is 35.5. The monoisotopic (exact) mass is 563 g/mol. The number of benzene rings is 3. The van der Waals surface area contributed by atoms with E-state index in [1.165, 1.54) is 11.8 Å². The molecule has 1 amide bonds. The van der Waals surface area contributed by atoms with Crippen LogP contribution in [-0.2, 0) is 4.79 Å². The number of anilines is 1. The molecule has 202 valence electrons. The minimum Gasteiger partial charge on any atom is -0.423 e.